The third-order valence-electron chi connectivity index (χ3n) is 5.03. The highest BCUT2D eigenvalue weighted by Gasteiger charge is 2.42. The van der Waals surface area contributed by atoms with Gasteiger partial charge in [0.1, 0.15) is 0 Å². The number of nitrogens with two attached hydrogens (primary N) is 1. The summed E-state index contributed by atoms with van der Waals surface area (Å²) in [6.45, 7) is 0.392. The zero-order valence-corrected chi connectivity index (χ0v) is 16.4. The van der Waals surface area contributed by atoms with E-state index in [0.29, 0.717) is 13.0 Å². The van der Waals surface area contributed by atoms with Gasteiger partial charge >= 0.3 is 0 Å². The summed E-state index contributed by atoms with van der Waals surface area (Å²) >= 11 is 0. The smallest absolute Gasteiger partial charge is 0.238 e. The highest BCUT2D eigenvalue weighted by atomic mass is 32.2. The predicted octanol–water partition coefficient (Wildman–Crippen LogP) is 1.21. The first-order chi connectivity index (χ1) is 13.3. The van der Waals surface area contributed by atoms with Gasteiger partial charge in [-0.15, -0.1) is 0 Å². The number of carbonyl (C=O) groups excluding carboxylic acids is 2. The molecule has 0 aromatic heterocycles. The van der Waals surface area contributed by atoms with Crippen LogP contribution < -0.4 is 10.5 Å². The van der Waals surface area contributed by atoms with Gasteiger partial charge in [0.2, 0.25) is 21.8 Å². The van der Waals surface area contributed by atoms with E-state index in [1.165, 1.54) is 12.1 Å². The van der Waals surface area contributed by atoms with Crippen LogP contribution in [0.25, 0.3) is 0 Å². The molecule has 0 bridgehead atoms. The molecular weight excluding hydrogens is 378 g/mol. The highest BCUT2D eigenvalue weighted by Crippen LogP contribution is 2.36. The van der Waals surface area contributed by atoms with Crippen LogP contribution in [0.4, 0.5) is 0 Å². The van der Waals surface area contributed by atoms with E-state index in [4.69, 9.17) is 5.14 Å². The van der Waals surface area contributed by atoms with E-state index in [2.05, 4.69) is 5.32 Å². The van der Waals surface area contributed by atoms with Crippen molar-refractivity contribution in [3.8, 4) is 0 Å². The second kappa shape index (κ2) is 8.12. The molecule has 0 spiro atoms. The van der Waals surface area contributed by atoms with E-state index in [9.17, 15) is 18.0 Å². The molecule has 0 radical (unpaired) electrons. The summed E-state index contributed by atoms with van der Waals surface area (Å²) < 4.78 is 22.6. The third-order valence-corrected chi connectivity index (χ3v) is 5.96. The van der Waals surface area contributed by atoms with E-state index in [-0.39, 0.29) is 29.2 Å². The number of likely N-dealkylation sites (tertiary alicyclic amines) is 1. The van der Waals surface area contributed by atoms with Crippen molar-refractivity contribution in [3.05, 3.63) is 65.7 Å². The van der Waals surface area contributed by atoms with E-state index < -0.39 is 15.9 Å². The van der Waals surface area contributed by atoms with Gasteiger partial charge in [-0.1, -0.05) is 42.5 Å². The highest BCUT2D eigenvalue weighted by molar-refractivity contribution is 7.89. The fourth-order valence-electron chi connectivity index (χ4n) is 3.52. The van der Waals surface area contributed by atoms with Crippen LogP contribution in [-0.2, 0) is 26.0 Å². The summed E-state index contributed by atoms with van der Waals surface area (Å²) in [5.41, 5.74) is 1.82. The summed E-state index contributed by atoms with van der Waals surface area (Å²) in [7, 11) is -1.99. The largest absolute Gasteiger partial charge is 0.355 e. The first kappa shape index (κ1) is 20.0. The van der Waals surface area contributed by atoms with Crippen molar-refractivity contribution in [3.63, 3.8) is 0 Å². The number of rotatable bonds is 6. The lowest BCUT2D eigenvalue weighted by Gasteiger charge is -2.25. The standard InChI is InChI=1S/C20H23N3O4S/c1-23-18(24)13-17(19(23)15-5-3-2-4-6-15)20(25)22-12-11-14-7-9-16(10-8-14)28(21,26)27/h2-10,17,19H,11-13H2,1H3,(H,22,25)(H2,21,26,27)/t17-,19-/m1/s1. The van der Waals surface area contributed by atoms with Crippen LogP contribution in [0.1, 0.15) is 23.6 Å². The fourth-order valence-corrected chi connectivity index (χ4v) is 4.03. The van der Waals surface area contributed by atoms with Crippen LogP contribution in [0.5, 0.6) is 0 Å². The molecule has 8 heteroatoms. The van der Waals surface area contributed by atoms with Crippen molar-refractivity contribution in [2.75, 3.05) is 13.6 Å². The number of nitrogens with one attached hydrogen (secondary N) is 1. The van der Waals surface area contributed by atoms with Crippen LogP contribution in [0.3, 0.4) is 0 Å². The first-order valence-electron chi connectivity index (χ1n) is 8.97. The monoisotopic (exact) mass is 401 g/mol. The molecule has 1 aliphatic heterocycles. The molecule has 2 atom stereocenters. The Balaban J connectivity index is 1.61. The van der Waals surface area contributed by atoms with Gasteiger partial charge in [0.15, 0.2) is 0 Å². The van der Waals surface area contributed by atoms with Crippen molar-refractivity contribution >= 4 is 21.8 Å². The van der Waals surface area contributed by atoms with Gasteiger partial charge in [-0.05, 0) is 29.7 Å². The Morgan fingerprint density at radius 1 is 1.14 bits per heavy atom. The Kier molecular flexibility index (Phi) is 5.81. The zero-order valence-electron chi connectivity index (χ0n) is 15.5. The molecule has 0 saturated carbocycles. The number of carbonyl (C=O) groups is 2. The van der Waals surface area contributed by atoms with Crippen molar-refractivity contribution in [1.29, 1.82) is 0 Å². The van der Waals surface area contributed by atoms with Gasteiger partial charge in [0, 0.05) is 20.0 Å². The number of nitrogens with zero attached hydrogens (tertiary/aromatic N) is 1. The number of amides is 2. The fraction of sp³-hybridized carbons (Fsp3) is 0.300. The summed E-state index contributed by atoms with van der Waals surface area (Å²) in [6, 6.07) is 15.5. The lowest BCUT2D eigenvalue weighted by molar-refractivity contribution is -0.128. The molecule has 2 aromatic carbocycles. The second-order valence-corrected chi connectivity index (χ2v) is 8.46. The lowest BCUT2D eigenvalue weighted by Crippen LogP contribution is -2.35. The van der Waals surface area contributed by atoms with E-state index in [1.54, 1.807) is 24.1 Å². The Labute approximate surface area is 164 Å². The molecule has 3 N–H and O–H groups in total. The van der Waals surface area contributed by atoms with Crippen LogP contribution in [0, 0.1) is 5.92 Å². The number of benzene rings is 2. The normalized spacial score (nSPS) is 19.6. The summed E-state index contributed by atoms with van der Waals surface area (Å²) in [5.74, 6) is -0.648. The minimum Gasteiger partial charge on any atom is -0.355 e. The third kappa shape index (κ3) is 4.40. The quantitative estimate of drug-likeness (QED) is 0.758. The zero-order chi connectivity index (χ0) is 20.3. The first-order valence-corrected chi connectivity index (χ1v) is 10.5. The second-order valence-electron chi connectivity index (χ2n) is 6.90. The molecule has 0 unspecified atom stereocenters. The van der Waals surface area contributed by atoms with Crippen molar-refractivity contribution in [2.24, 2.45) is 11.1 Å². The van der Waals surface area contributed by atoms with Gasteiger partial charge in [-0.3, -0.25) is 9.59 Å². The average Bonchev–Trinajstić information content (AvgIpc) is 2.97. The minimum absolute atomic E-state index is 0.0485. The molecular formula is C20H23N3O4S. The Morgan fingerprint density at radius 3 is 2.39 bits per heavy atom. The topological polar surface area (TPSA) is 110 Å². The minimum atomic E-state index is -3.71. The van der Waals surface area contributed by atoms with Crippen molar-refractivity contribution in [1.82, 2.24) is 10.2 Å². The van der Waals surface area contributed by atoms with Gasteiger partial charge in [0.25, 0.3) is 0 Å². The number of sulfonamides is 1. The van der Waals surface area contributed by atoms with Gasteiger partial charge in [-0.25, -0.2) is 13.6 Å². The van der Waals surface area contributed by atoms with E-state index in [1.807, 2.05) is 30.3 Å². The van der Waals surface area contributed by atoms with Crippen molar-refractivity contribution < 1.29 is 18.0 Å². The lowest BCUT2D eigenvalue weighted by atomic mass is 9.93. The van der Waals surface area contributed by atoms with E-state index >= 15 is 0 Å². The number of primary sulfonamides is 1. The summed E-state index contributed by atoms with van der Waals surface area (Å²) in [6.07, 6.45) is 0.730. The molecule has 1 fully saturated rings. The molecule has 0 aliphatic carbocycles. The molecule has 3 rings (SSSR count). The van der Waals surface area contributed by atoms with Crippen LogP contribution in [-0.4, -0.2) is 38.7 Å². The Hall–Kier alpha value is -2.71. The van der Waals surface area contributed by atoms with E-state index in [0.717, 1.165) is 11.1 Å². The molecule has 1 saturated heterocycles. The molecule has 1 heterocycles. The average molecular weight is 401 g/mol. The van der Waals surface area contributed by atoms with Gasteiger partial charge in [-0.2, -0.15) is 0 Å². The number of hydrogen-bond acceptors (Lipinski definition) is 4. The molecule has 1 aliphatic rings. The van der Waals surface area contributed by atoms with Crippen LogP contribution in [0.2, 0.25) is 0 Å². The maximum Gasteiger partial charge on any atom is 0.238 e. The van der Waals surface area contributed by atoms with Gasteiger partial charge < -0.3 is 10.2 Å². The van der Waals surface area contributed by atoms with Gasteiger partial charge in [0.05, 0.1) is 16.9 Å². The molecule has 2 aromatic rings. The molecule has 2 amide bonds. The molecule has 28 heavy (non-hydrogen) atoms. The maximum atomic E-state index is 12.7. The summed E-state index contributed by atoms with van der Waals surface area (Å²) in [5, 5.41) is 7.98. The maximum absolute atomic E-state index is 12.7. The van der Waals surface area contributed by atoms with Crippen LogP contribution >= 0.6 is 0 Å². The van der Waals surface area contributed by atoms with Crippen LogP contribution in [0.15, 0.2) is 59.5 Å². The summed E-state index contributed by atoms with van der Waals surface area (Å²) in [4.78, 5) is 26.6. The Morgan fingerprint density at radius 2 is 1.79 bits per heavy atom. The SMILES string of the molecule is CN1C(=O)C[C@@H](C(=O)NCCc2ccc(S(N)(=O)=O)cc2)[C@H]1c1ccccc1. The number of hydrogen-bond donors (Lipinski definition) is 2. The Bertz CT molecular complexity index is 959. The predicted molar refractivity (Wildman–Crippen MR) is 105 cm³/mol. The molecule has 7 nitrogen and oxygen atoms in total. The molecule has 148 valence electrons. The van der Waals surface area contributed by atoms with Crippen molar-refractivity contribution in [2.45, 2.75) is 23.8 Å².